The van der Waals surface area contributed by atoms with Gasteiger partial charge in [0, 0.05) is 14.8 Å². The predicted molar refractivity (Wildman–Crippen MR) is 105 cm³/mol. The lowest BCUT2D eigenvalue weighted by Crippen LogP contribution is -2.14. The van der Waals surface area contributed by atoms with Crippen LogP contribution in [0.5, 0.6) is 0 Å². The van der Waals surface area contributed by atoms with E-state index in [4.69, 9.17) is 34.8 Å². The first-order valence-corrected chi connectivity index (χ1v) is 9.48. The SMILES string of the molecule is O=[N+]([O-])CC(Sc1ccc(Cl)cc1)c1c(Cl)ncn1-c1ccccc1Cl. The summed E-state index contributed by atoms with van der Waals surface area (Å²) < 4.78 is 1.70. The maximum absolute atomic E-state index is 11.2. The Kier molecular flexibility index (Phi) is 6.09. The number of nitro groups is 1. The largest absolute Gasteiger partial charge is 0.299 e. The minimum atomic E-state index is -0.558. The molecule has 2 aromatic carbocycles. The van der Waals surface area contributed by atoms with Crippen LogP contribution in [-0.2, 0) is 0 Å². The van der Waals surface area contributed by atoms with Crippen molar-refractivity contribution < 1.29 is 4.92 Å². The highest BCUT2D eigenvalue weighted by atomic mass is 35.5. The van der Waals surface area contributed by atoms with E-state index in [9.17, 15) is 10.1 Å². The molecule has 3 aromatic rings. The number of hydrogen-bond donors (Lipinski definition) is 0. The highest BCUT2D eigenvalue weighted by Gasteiger charge is 2.27. The molecule has 0 bridgehead atoms. The molecular formula is C17H12Cl3N3O2S. The molecule has 0 radical (unpaired) electrons. The Morgan fingerprint density at radius 2 is 1.81 bits per heavy atom. The first kappa shape index (κ1) is 19.0. The number of aromatic nitrogens is 2. The van der Waals surface area contributed by atoms with Crippen molar-refractivity contribution >= 4 is 46.6 Å². The number of para-hydroxylation sites is 1. The van der Waals surface area contributed by atoms with Crippen LogP contribution in [-0.4, -0.2) is 21.0 Å². The van der Waals surface area contributed by atoms with Crippen LogP contribution in [0, 0.1) is 10.1 Å². The number of imidazole rings is 1. The van der Waals surface area contributed by atoms with Crippen LogP contribution in [0.4, 0.5) is 0 Å². The zero-order valence-corrected chi connectivity index (χ0v) is 16.3. The van der Waals surface area contributed by atoms with E-state index in [0.29, 0.717) is 21.4 Å². The molecule has 0 spiro atoms. The van der Waals surface area contributed by atoms with Crippen LogP contribution in [0.1, 0.15) is 10.9 Å². The zero-order chi connectivity index (χ0) is 18.7. The third-order valence-corrected chi connectivity index (χ3v) is 5.65. The third kappa shape index (κ3) is 4.32. The molecule has 1 heterocycles. The van der Waals surface area contributed by atoms with Gasteiger partial charge in [0.15, 0.2) is 5.15 Å². The molecule has 3 rings (SSSR count). The molecule has 1 unspecified atom stereocenters. The molecule has 1 aromatic heterocycles. The van der Waals surface area contributed by atoms with E-state index in [2.05, 4.69) is 4.98 Å². The van der Waals surface area contributed by atoms with E-state index < -0.39 is 5.25 Å². The van der Waals surface area contributed by atoms with Crippen molar-refractivity contribution in [2.24, 2.45) is 0 Å². The highest BCUT2D eigenvalue weighted by molar-refractivity contribution is 7.99. The minimum absolute atomic E-state index is 0.207. The molecule has 0 aliphatic heterocycles. The minimum Gasteiger partial charge on any atom is -0.299 e. The molecule has 134 valence electrons. The summed E-state index contributed by atoms with van der Waals surface area (Å²) in [6.45, 7) is -0.316. The van der Waals surface area contributed by atoms with Crippen LogP contribution in [0.25, 0.3) is 5.69 Å². The fraction of sp³-hybridized carbons (Fsp3) is 0.118. The van der Waals surface area contributed by atoms with Gasteiger partial charge in [0.05, 0.1) is 16.4 Å². The van der Waals surface area contributed by atoms with Gasteiger partial charge in [0.25, 0.3) is 0 Å². The van der Waals surface area contributed by atoms with Gasteiger partial charge in [0.1, 0.15) is 11.6 Å². The van der Waals surface area contributed by atoms with Crippen molar-refractivity contribution in [3.05, 3.63) is 85.9 Å². The topological polar surface area (TPSA) is 61.0 Å². The second-order valence-electron chi connectivity index (χ2n) is 5.32. The van der Waals surface area contributed by atoms with Crippen LogP contribution >= 0.6 is 46.6 Å². The lowest BCUT2D eigenvalue weighted by Gasteiger charge is -2.17. The molecule has 0 aliphatic carbocycles. The molecular weight excluding hydrogens is 417 g/mol. The van der Waals surface area contributed by atoms with Crippen molar-refractivity contribution in [3.63, 3.8) is 0 Å². The van der Waals surface area contributed by atoms with E-state index in [1.165, 1.54) is 18.1 Å². The summed E-state index contributed by atoms with van der Waals surface area (Å²) in [5.41, 5.74) is 1.19. The van der Waals surface area contributed by atoms with Gasteiger partial charge in [0.2, 0.25) is 6.54 Å². The fourth-order valence-corrected chi connectivity index (χ4v) is 4.29. The Labute approximate surface area is 169 Å². The Morgan fingerprint density at radius 1 is 1.12 bits per heavy atom. The van der Waals surface area contributed by atoms with Crippen LogP contribution < -0.4 is 0 Å². The average Bonchev–Trinajstić information content (AvgIpc) is 2.97. The van der Waals surface area contributed by atoms with Crippen LogP contribution in [0.3, 0.4) is 0 Å². The molecule has 0 saturated heterocycles. The molecule has 5 nitrogen and oxygen atoms in total. The van der Waals surface area contributed by atoms with E-state index >= 15 is 0 Å². The molecule has 26 heavy (non-hydrogen) atoms. The predicted octanol–water partition coefficient (Wildman–Crippen LogP) is 5.94. The average molecular weight is 429 g/mol. The fourth-order valence-electron chi connectivity index (χ4n) is 2.46. The van der Waals surface area contributed by atoms with Crippen molar-refractivity contribution in [1.82, 2.24) is 9.55 Å². The van der Waals surface area contributed by atoms with Gasteiger partial charge < -0.3 is 0 Å². The number of thioether (sulfide) groups is 1. The van der Waals surface area contributed by atoms with Crippen molar-refractivity contribution in [2.75, 3.05) is 6.54 Å². The summed E-state index contributed by atoms with van der Waals surface area (Å²) in [5, 5.41) is 12.0. The smallest absolute Gasteiger partial charge is 0.221 e. The molecule has 0 aliphatic rings. The monoisotopic (exact) mass is 427 g/mol. The molecule has 9 heteroatoms. The van der Waals surface area contributed by atoms with Crippen molar-refractivity contribution in [3.8, 4) is 5.69 Å². The van der Waals surface area contributed by atoms with Gasteiger partial charge in [-0.1, -0.05) is 46.9 Å². The first-order valence-electron chi connectivity index (χ1n) is 7.47. The standard InChI is InChI=1S/C17H12Cl3N3O2S/c18-11-5-7-12(8-6-11)26-15(9-23(24)25)16-17(20)21-10-22(16)14-4-2-1-3-13(14)19/h1-8,10,15H,9H2. The van der Waals surface area contributed by atoms with Crippen LogP contribution in [0.2, 0.25) is 15.2 Å². The van der Waals surface area contributed by atoms with Crippen LogP contribution in [0.15, 0.2) is 59.8 Å². The number of benzene rings is 2. The Hall–Kier alpha value is -1.73. The van der Waals surface area contributed by atoms with E-state index in [1.807, 2.05) is 18.2 Å². The van der Waals surface area contributed by atoms with Crippen molar-refractivity contribution in [1.29, 1.82) is 0 Å². The van der Waals surface area contributed by atoms with E-state index in [0.717, 1.165) is 4.90 Å². The van der Waals surface area contributed by atoms with Gasteiger partial charge in [-0.15, -0.1) is 11.8 Å². The number of hydrogen-bond acceptors (Lipinski definition) is 4. The zero-order valence-electron chi connectivity index (χ0n) is 13.2. The van der Waals surface area contributed by atoms with E-state index in [-0.39, 0.29) is 16.6 Å². The van der Waals surface area contributed by atoms with Crippen molar-refractivity contribution in [2.45, 2.75) is 10.1 Å². The van der Waals surface area contributed by atoms with Gasteiger partial charge in [-0.05, 0) is 36.4 Å². The summed E-state index contributed by atoms with van der Waals surface area (Å²) in [6.07, 6.45) is 1.52. The Balaban J connectivity index is 2.04. The molecule has 1 atom stereocenters. The Bertz CT molecular complexity index is 931. The molecule has 0 N–H and O–H groups in total. The normalized spacial score (nSPS) is 12.1. The summed E-state index contributed by atoms with van der Waals surface area (Å²) in [5.74, 6) is 0. The summed E-state index contributed by atoms with van der Waals surface area (Å²) in [4.78, 5) is 15.8. The second-order valence-corrected chi connectivity index (χ2v) is 7.80. The maximum Gasteiger partial charge on any atom is 0.221 e. The van der Waals surface area contributed by atoms with Gasteiger partial charge in [-0.2, -0.15) is 0 Å². The molecule has 0 saturated carbocycles. The third-order valence-electron chi connectivity index (χ3n) is 3.58. The number of rotatable bonds is 6. The summed E-state index contributed by atoms with van der Waals surface area (Å²) in [7, 11) is 0. The molecule has 0 fully saturated rings. The number of halogens is 3. The molecule has 0 amide bonds. The lowest BCUT2D eigenvalue weighted by molar-refractivity contribution is -0.479. The van der Waals surface area contributed by atoms with Gasteiger partial charge in [-0.3, -0.25) is 14.7 Å². The maximum atomic E-state index is 11.2. The lowest BCUT2D eigenvalue weighted by atomic mass is 10.2. The van der Waals surface area contributed by atoms with Gasteiger partial charge in [-0.25, -0.2) is 4.98 Å². The van der Waals surface area contributed by atoms with Gasteiger partial charge >= 0.3 is 0 Å². The highest BCUT2D eigenvalue weighted by Crippen LogP contribution is 2.40. The summed E-state index contributed by atoms with van der Waals surface area (Å²) >= 11 is 19.8. The first-order chi connectivity index (χ1) is 12.5. The Morgan fingerprint density at radius 3 is 2.46 bits per heavy atom. The van der Waals surface area contributed by atoms with E-state index in [1.54, 1.807) is 34.9 Å². The second kappa shape index (κ2) is 8.31. The summed E-state index contributed by atoms with van der Waals surface area (Å²) in [6, 6.07) is 14.3. The quantitative estimate of drug-likeness (QED) is 0.277. The number of nitrogens with zero attached hydrogens (tertiary/aromatic N) is 3.